The molecule has 0 unspecified atom stereocenters. The van der Waals surface area contributed by atoms with Crippen molar-refractivity contribution in [1.82, 2.24) is 0 Å². The van der Waals surface area contributed by atoms with E-state index in [1.165, 1.54) is 91.4 Å². The summed E-state index contributed by atoms with van der Waals surface area (Å²) in [5.41, 5.74) is 15.1. The minimum absolute atomic E-state index is 0. The average molecular weight is 1020 g/mol. The molecule has 3 aromatic heterocycles. The summed E-state index contributed by atoms with van der Waals surface area (Å²) >= 11 is 1.84. The third kappa shape index (κ3) is 10.7. The molecule has 0 spiro atoms. The summed E-state index contributed by atoms with van der Waals surface area (Å²) < 4.78 is 6.64. The van der Waals surface area contributed by atoms with Gasteiger partial charge < -0.3 is 9.13 Å². The molecular formula is C56H66IrN2SSi-2. The predicted molar refractivity (Wildman–Crippen MR) is 264 cm³/mol. The molecule has 0 aliphatic heterocycles. The van der Waals surface area contributed by atoms with Crippen molar-refractivity contribution < 1.29 is 29.2 Å². The van der Waals surface area contributed by atoms with Crippen LogP contribution >= 0.6 is 11.3 Å². The zero-order chi connectivity index (χ0) is 43.1. The molecule has 1 aliphatic carbocycles. The van der Waals surface area contributed by atoms with Crippen LogP contribution in [0.4, 0.5) is 0 Å². The molecule has 2 nitrogen and oxygen atoms in total. The van der Waals surface area contributed by atoms with Crippen LogP contribution in [0.1, 0.15) is 99.6 Å². The van der Waals surface area contributed by atoms with Crippen LogP contribution in [0.3, 0.4) is 0 Å². The van der Waals surface area contributed by atoms with Crippen LogP contribution < -0.4 is 14.3 Å². The Morgan fingerprint density at radius 2 is 1.36 bits per heavy atom. The molecule has 1 fully saturated rings. The first-order valence-corrected chi connectivity index (χ1v) is 26.3. The minimum Gasteiger partial charge on any atom is -0.343 e. The van der Waals surface area contributed by atoms with Crippen molar-refractivity contribution in [1.29, 1.82) is 0 Å². The standard InChI is InChI=1S/C31H30NS.C25H36NSi.Ir/c1-20-7-9-23(10-8-20)24-11-12-25-27-18-26(21(2)15-29(27)33-30(25)17-24)28-16-22(13-14-32(28)6)19-31(3,4)5;1-18(2)21-12-13-23(19(3)14-21)24-16-22(15-20-10-8-9-11-20)25(17-26(24)4)27(5,6)7;/h7-18H,2,6,19H2,1,3-5H3;12-14,16-18,20H,3-4,8-11,15H2,1-2,5-7H3;/q2*-1;. The largest absolute Gasteiger partial charge is 0.343 e. The molecular weight excluding hydrogens is 953 g/mol. The maximum atomic E-state index is 4.40. The zero-order valence-corrected chi connectivity index (χ0v) is 42.4. The van der Waals surface area contributed by atoms with E-state index in [2.05, 4.69) is 197 Å². The van der Waals surface area contributed by atoms with E-state index in [0.29, 0.717) is 5.92 Å². The van der Waals surface area contributed by atoms with Crippen LogP contribution in [-0.4, -0.2) is 8.07 Å². The van der Waals surface area contributed by atoms with Gasteiger partial charge in [-0.05, 0) is 74.9 Å². The van der Waals surface area contributed by atoms with E-state index in [1.807, 2.05) is 15.9 Å². The van der Waals surface area contributed by atoms with Crippen LogP contribution in [0.25, 0.3) is 53.8 Å². The summed E-state index contributed by atoms with van der Waals surface area (Å²) in [6, 6.07) is 33.7. The second-order valence-electron chi connectivity index (χ2n) is 20.1. The third-order valence-corrected chi connectivity index (χ3v) is 15.5. The molecule has 8 rings (SSSR count). The number of rotatable bonds is 8. The van der Waals surface area contributed by atoms with Crippen LogP contribution in [0, 0.1) is 46.2 Å². The molecule has 0 N–H and O–H groups in total. The van der Waals surface area contributed by atoms with Crippen molar-refractivity contribution in [3.63, 3.8) is 0 Å². The quantitative estimate of drug-likeness (QED) is 0.0814. The van der Waals surface area contributed by atoms with E-state index in [-0.39, 0.29) is 25.5 Å². The van der Waals surface area contributed by atoms with Gasteiger partial charge in [-0.1, -0.05) is 157 Å². The molecule has 321 valence electrons. The van der Waals surface area contributed by atoms with Crippen LogP contribution in [0.15, 0.2) is 103 Å². The van der Waals surface area contributed by atoms with E-state index in [4.69, 9.17) is 0 Å². The fourth-order valence-corrected chi connectivity index (χ4v) is 11.9. The van der Waals surface area contributed by atoms with Crippen molar-refractivity contribution in [2.24, 2.45) is 11.3 Å². The average Bonchev–Trinajstić information content (AvgIpc) is 3.82. The van der Waals surface area contributed by atoms with E-state index in [1.54, 1.807) is 10.8 Å². The Bertz CT molecular complexity index is 2650. The molecule has 0 saturated heterocycles. The fourth-order valence-electron chi connectivity index (χ4n) is 9.01. The van der Waals surface area contributed by atoms with Crippen molar-refractivity contribution in [2.75, 3.05) is 0 Å². The van der Waals surface area contributed by atoms with E-state index >= 15 is 0 Å². The maximum absolute atomic E-state index is 4.40. The van der Waals surface area contributed by atoms with Gasteiger partial charge in [0.05, 0.1) is 31.9 Å². The molecule has 3 heterocycles. The monoisotopic (exact) mass is 1020 g/mol. The number of fused-ring (bicyclic) bond motifs is 3. The van der Waals surface area contributed by atoms with Crippen molar-refractivity contribution >= 4 is 44.8 Å². The maximum Gasteiger partial charge on any atom is 0.0709 e. The Balaban J connectivity index is 0.000000205. The second-order valence-corrected chi connectivity index (χ2v) is 26.2. The molecule has 61 heavy (non-hydrogen) atoms. The smallest absolute Gasteiger partial charge is 0.0709 e. The van der Waals surface area contributed by atoms with Gasteiger partial charge in [-0.2, -0.15) is 31.0 Å². The SMILES string of the molecule is [CH2-]c1cc(C(C)C)ccc1-c1cc(CC2CCCC2)c([Si](C)(C)C)c[n+]1[CH2-].[CH2-]c1cc2sc3cc(-c4ccc(C)cc4)ccc3c2cc1-c1cc(CC(C)(C)C)cc[n+]1[CH2-].[Ir]. The molecule has 4 aromatic carbocycles. The fraction of sp³-hybridized carbons (Fsp3) is 0.321. The summed E-state index contributed by atoms with van der Waals surface area (Å²) in [6.07, 6.45) is 12.2. The summed E-state index contributed by atoms with van der Waals surface area (Å²) in [5, 5.41) is 4.15. The van der Waals surface area contributed by atoms with Crippen LogP contribution in [-0.2, 0) is 32.9 Å². The predicted octanol–water partition coefficient (Wildman–Crippen LogP) is 14.3. The van der Waals surface area contributed by atoms with Crippen molar-refractivity contribution in [3.05, 3.63) is 165 Å². The van der Waals surface area contributed by atoms with Crippen molar-refractivity contribution in [3.8, 4) is 33.6 Å². The Kier molecular flexibility index (Phi) is 14.1. The zero-order valence-electron chi connectivity index (χ0n) is 38.2. The van der Waals surface area contributed by atoms with Gasteiger partial charge in [-0.15, -0.1) is 46.2 Å². The Hall–Kier alpha value is -4.25. The third-order valence-electron chi connectivity index (χ3n) is 12.3. The molecule has 7 aromatic rings. The molecule has 1 aliphatic rings. The topological polar surface area (TPSA) is 7.76 Å². The van der Waals surface area contributed by atoms with E-state index in [0.717, 1.165) is 34.7 Å². The number of pyridine rings is 2. The molecule has 1 saturated carbocycles. The first-order chi connectivity index (χ1) is 28.3. The number of nitrogens with zero attached hydrogens (tertiary/aromatic N) is 2. The van der Waals surface area contributed by atoms with Gasteiger partial charge in [0.2, 0.25) is 0 Å². The molecule has 0 amide bonds. The Morgan fingerprint density at radius 1 is 0.721 bits per heavy atom. The van der Waals surface area contributed by atoms with Gasteiger partial charge in [-0.3, -0.25) is 0 Å². The number of benzene rings is 4. The van der Waals surface area contributed by atoms with Gasteiger partial charge in [0, 0.05) is 38.9 Å². The molecule has 5 heteroatoms. The number of aromatic nitrogens is 2. The molecule has 0 atom stereocenters. The van der Waals surface area contributed by atoms with E-state index < -0.39 is 8.07 Å². The van der Waals surface area contributed by atoms with Gasteiger partial charge in [0.15, 0.2) is 0 Å². The molecule has 1 radical (unpaired) electrons. The molecule has 0 bridgehead atoms. The Labute approximate surface area is 386 Å². The first kappa shape index (κ1) is 46.3. The summed E-state index contributed by atoms with van der Waals surface area (Å²) in [7, 11) is 7.18. The van der Waals surface area contributed by atoms with E-state index in [9.17, 15) is 0 Å². The summed E-state index contributed by atoms with van der Waals surface area (Å²) in [6.45, 7) is 29.5. The number of aryl methyl sites for hydroxylation is 1. The van der Waals surface area contributed by atoms with Crippen molar-refractivity contribution in [2.45, 2.75) is 106 Å². The Morgan fingerprint density at radius 3 is 2.00 bits per heavy atom. The van der Waals surface area contributed by atoms with Crippen LogP contribution in [0.5, 0.6) is 0 Å². The normalized spacial score (nSPS) is 13.4. The summed E-state index contributed by atoms with van der Waals surface area (Å²) in [5.74, 6) is 1.38. The van der Waals surface area contributed by atoms with Gasteiger partial charge in [-0.25, -0.2) is 0 Å². The first-order valence-electron chi connectivity index (χ1n) is 22.0. The number of thiophene rings is 1. The number of hydrogen-bond donors (Lipinski definition) is 0. The van der Waals surface area contributed by atoms with Gasteiger partial charge in [0.1, 0.15) is 0 Å². The second kappa shape index (κ2) is 18.6. The summed E-state index contributed by atoms with van der Waals surface area (Å²) in [4.78, 5) is 0. The van der Waals surface area contributed by atoms with Gasteiger partial charge in [0.25, 0.3) is 0 Å². The minimum atomic E-state index is -1.42. The van der Waals surface area contributed by atoms with Crippen LogP contribution in [0.2, 0.25) is 19.6 Å². The number of hydrogen-bond acceptors (Lipinski definition) is 1. The van der Waals surface area contributed by atoms with Gasteiger partial charge >= 0.3 is 0 Å².